The summed E-state index contributed by atoms with van der Waals surface area (Å²) in [5.74, 6) is 0. The molecule has 0 saturated carbocycles. The van der Waals surface area contributed by atoms with E-state index in [0.717, 1.165) is 11.1 Å². The van der Waals surface area contributed by atoms with Crippen molar-refractivity contribution in [2.24, 2.45) is 7.05 Å². The maximum Gasteiger partial charge on any atom is 0.159 e. The number of hydrogen-bond donors (Lipinski definition) is 0. The van der Waals surface area contributed by atoms with Gasteiger partial charge in [0.05, 0.1) is 33.0 Å². The molecule has 0 atom stereocenters. The Morgan fingerprint density at radius 2 is 1.76 bits per heavy atom. The average Bonchev–Trinajstić information content (AvgIpc) is 3.36. The zero-order valence-electron chi connectivity index (χ0n) is 13.4. The molecule has 25 heavy (non-hydrogen) atoms. The molecule has 7 rings (SSSR count). The second-order valence-corrected chi connectivity index (χ2v) is 7.64. The molecule has 5 heterocycles. The van der Waals surface area contributed by atoms with Crippen LogP contribution < -0.4 is 0 Å². The van der Waals surface area contributed by atoms with E-state index < -0.39 is 0 Å². The van der Waals surface area contributed by atoms with Gasteiger partial charge < -0.3 is 13.4 Å². The molecule has 0 N–H and O–H groups in total. The average molecular weight is 340 g/mol. The normalized spacial score (nSPS) is 13.0. The lowest BCUT2D eigenvalue weighted by Crippen LogP contribution is -1.87. The van der Waals surface area contributed by atoms with Crippen molar-refractivity contribution in [3.8, 4) is 0 Å². The number of aryl methyl sites for hydroxylation is 1. The van der Waals surface area contributed by atoms with Gasteiger partial charge in [0, 0.05) is 40.2 Å². The highest BCUT2D eigenvalue weighted by Gasteiger charge is 2.22. The minimum Gasteiger partial charge on any atom is -0.462 e. The molecular formula is C21H12N2OS. The Kier molecular flexibility index (Phi) is 1.89. The first-order chi connectivity index (χ1) is 12.3. The Bertz CT molecular complexity index is 1600. The first kappa shape index (κ1) is 12.4. The lowest BCUT2D eigenvalue weighted by atomic mass is 10.1. The van der Waals surface area contributed by atoms with E-state index in [9.17, 15) is 0 Å². The van der Waals surface area contributed by atoms with Crippen LogP contribution in [0.1, 0.15) is 0 Å². The number of aromatic nitrogens is 2. The maximum atomic E-state index is 5.87. The van der Waals surface area contributed by atoms with Crippen molar-refractivity contribution in [2.45, 2.75) is 0 Å². The zero-order chi connectivity index (χ0) is 16.3. The van der Waals surface area contributed by atoms with E-state index >= 15 is 0 Å². The molecule has 2 aromatic carbocycles. The van der Waals surface area contributed by atoms with Gasteiger partial charge in [0.2, 0.25) is 0 Å². The number of nitrogens with zero attached hydrogens (tertiary/aromatic N) is 2. The van der Waals surface area contributed by atoms with E-state index in [-0.39, 0.29) is 0 Å². The molecule has 118 valence electrons. The minimum absolute atomic E-state index is 0.977. The second kappa shape index (κ2) is 3.81. The minimum atomic E-state index is 0.977. The van der Waals surface area contributed by atoms with Gasteiger partial charge in [-0.05, 0) is 29.6 Å². The van der Waals surface area contributed by atoms with Crippen molar-refractivity contribution in [3.63, 3.8) is 0 Å². The van der Waals surface area contributed by atoms with E-state index in [2.05, 4.69) is 63.9 Å². The Balaban J connectivity index is 2.10. The molecule has 0 radical (unpaired) electrons. The summed E-state index contributed by atoms with van der Waals surface area (Å²) in [6.07, 6.45) is 1.79. The van der Waals surface area contributed by atoms with Crippen molar-refractivity contribution < 1.29 is 4.42 Å². The SMILES string of the molecule is Cn1c2cccc3c4sccc4n4c5ccoc5c5ccc1c(c32)c54. The summed E-state index contributed by atoms with van der Waals surface area (Å²) in [4.78, 5) is 0. The molecule has 7 aromatic rings. The van der Waals surface area contributed by atoms with Gasteiger partial charge in [0.25, 0.3) is 0 Å². The number of furan rings is 1. The molecule has 0 amide bonds. The van der Waals surface area contributed by atoms with E-state index in [4.69, 9.17) is 4.42 Å². The van der Waals surface area contributed by atoms with Crippen LogP contribution in [0, 0.1) is 0 Å². The van der Waals surface area contributed by atoms with Crippen LogP contribution >= 0.6 is 11.3 Å². The van der Waals surface area contributed by atoms with Gasteiger partial charge in [0.15, 0.2) is 5.58 Å². The number of benzene rings is 2. The Morgan fingerprint density at radius 1 is 0.840 bits per heavy atom. The third-order valence-electron chi connectivity index (χ3n) is 5.65. The first-order valence-electron chi connectivity index (χ1n) is 8.34. The van der Waals surface area contributed by atoms with Gasteiger partial charge in [-0.1, -0.05) is 12.1 Å². The van der Waals surface area contributed by atoms with Crippen molar-refractivity contribution >= 4 is 70.7 Å². The molecule has 0 unspecified atom stereocenters. The quantitative estimate of drug-likeness (QED) is 0.325. The summed E-state index contributed by atoms with van der Waals surface area (Å²) in [5.41, 5.74) is 7.20. The number of hydrogen-bond acceptors (Lipinski definition) is 2. The van der Waals surface area contributed by atoms with Crippen molar-refractivity contribution in [1.29, 1.82) is 0 Å². The lowest BCUT2D eigenvalue weighted by molar-refractivity contribution is 0.619. The van der Waals surface area contributed by atoms with E-state index in [1.807, 2.05) is 11.3 Å². The van der Waals surface area contributed by atoms with Gasteiger partial charge in [-0.25, -0.2) is 0 Å². The Morgan fingerprint density at radius 3 is 2.72 bits per heavy atom. The van der Waals surface area contributed by atoms with Crippen LogP contribution in [0.4, 0.5) is 0 Å². The number of rotatable bonds is 0. The van der Waals surface area contributed by atoms with Crippen LogP contribution in [0.25, 0.3) is 59.4 Å². The van der Waals surface area contributed by atoms with Crippen molar-refractivity contribution in [1.82, 2.24) is 8.97 Å². The maximum absolute atomic E-state index is 5.87. The molecule has 0 aliphatic heterocycles. The monoisotopic (exact) mass is 340 g/mol. The lowest BCUT2D eigenvalue weighted by Gasteiger charge is -2.00. The molecule has 5 aromatic heterocycles. The van der Waals surface area contributed by atoms with Crippen LogP contribution in [0.2, 0.25) is 0 Å². The van der Waals surface area contributed by atoms with E-state index in [1.54, 1.807) is 6.26 Å². The summed E-state index contributed by atoms with van der Waals surface area (Å²) in [6.45, 7) is 0. The zero-order valence-corrected chi connectivity index (χ0v) is 14.2. The van der Waals surface area contributed by atoms with Crippen LogP contribution in [0.3, 0.4) is 0 Å². The summed E-state index contributed by atoms with van der Waals surface area (Å²) in [5, 5.41) is 7.40. The van der Waals surface area contributed by atoms with Crippen LogP contribution in [-0.4, -0.2) is 8.97 Å². The van der Waals surface area contributed by atoms with Gasteiger partial charge >= 0.3 is 0 Å². The molecular weight excluding hydrogens is 328 g/mol. The Labute approximate surface area is 145 Å². The molecule has 0 spiro atoms. The largest absolute Gasteiger partial charge is 0.462 e. The molecule has 0 fully saturated rings. The standard InChI is InChI=1S/C21H12N2OS/c1-22-13-4-2-3-11-17(13)18-14(22)6-5-12-19(18)23(15-7-9-24-20(12)15)16-8-10-25-21(11)16/h2-10H,1H3. The number of fused-ring (bicyclic) bond motifs is 6. The van der Waals surface area contributed by atoms with Gasteiger partial charge in [-0.15, -0.1) is 11.3 Å². The Hall–Kier alpha value is -2.98. The van der Waals surface area contributed by atoms with Crippen molar-refractivity contribution in [3.05, 3.63) is 54.1 Å². The molecule has 3 nitrogen and oxygen atoms in total. The predicted octanol–water partition coefficient (Wildman–Crippen LogP) is 6.14. The van der Waals surface area contributed by atoms with Gasteiger partial charge in [-0.3, -0.25) is 0 Å². The summed E-state index contributed by atoms with van der Waals surface area (Å²) < 4.78 is 11.9. The highest BCUT2D eigenvalue weighted by Crippen LogP contribution is 2.44. The summed E-state index contributed by atoms with van der Waals surface area (Å²) in [6, 6.07) is 15.4. The molecule has 0 bridgehead atoms. The fourth-order valence-electron chi connectivity index (χ4n) is 4.65. The van der Waals surface area contributed by atoms with E-state index in [0.29, 0.717) is 0 Å². The van der Waals surface area contributed by atoms with Crippen LogP contribution in [0.5, 0.6) is 0 Å². The topological polar surface area (TPSA) is 22.5 Å². The number of thiophene rings is 1. The molecule has 0 saturated heterocycles. The smallest absolute Gasteiger partial charge is 0.159 e. The van der Waals surface area contributed by atoms with Gasteiger partial charge in [-0.2, -0.15) is 0 Å². The predicted molar refractivity (Wildman–Crippen MR) is 105 cm³/mol. The fraction of sp³-hybridized carbons (Fsp3) is 0.0476. The first-order valence-corrected chi connectivity index (χ1v) is 9.22. The van der Waals surface area contributed by atoms with Crippen molar-refractivity contribution in [2.75, 3.05) is 0 Å². The molecule has 4 heteroatoms. The van der Waals surface area contributed by atoms with Crippen LogP contribution in [-0.2, 0) is 7.05 Å². The third-order valence-corrected chi connectivity index (χ3v) is 6.59. The fourth-order valence-corrected chi connectivity index (χ4v) is 5.56. The van der Waals surface area contributed by atoms with E-state index in [1.165, 1.54) is 48.3 Å². The molecule has 0 aliphatic carbocycles. The highest BCUT2D eigenvalue weighted by molar-refractivity contribution is 7.18. The summed E-state index contributed by atoms with van der Waals surface area (Å²) in [7, 11) is 2.16. The van der Waals surface area contributed by atoms with Gasteiger partial charge in [0.1, 0.15) is 0 Å². The summed E-state index contributed by atoms with van der Waals surface area (Å²) >= 11 is 1.81. The van der Waals surface area contributed by atoms with Crippen LogP contribution in [0.15, 0.2) is 58.5 Å². The second-order valence-electron chi connectivity index (χ2n) is 6.72. The highest BCUT2D eigenvalue weighted by atomic mass is 32.1. The molecule has 0 aliphatic rings. The third kappa shape index (κ3) is 1.19.